The fourth-order valence-electron chi connectivity index (χ4n) is 2.19. The van der Waals surface area contributed by atoms with Crippen LogP contribution in [0.1, 0.15) is 31.7 Å². The van der Waals surface area contributed by atoms with E-state index in [2.05, 4.69) is 34.6 Å². The summed E-state index contributed by atoms with van der Waals surface area (Å²) in [6.45, 7) is 2.61. The number of hydrogen-bond acceptors (Lipinski definition) is 6. The molecular weight excluding hydrogens is 336 g/mol. The minimum atomic E-state index is -0.0512. The molecule has 0 unspecified atom stereocenters. The zero-order valence-electron chi connectivity index (χ0n) is 14.6. The van der Waals surface area contributed by atoms with Gasteiger partial charge in [0.15, 0.2) is 0 Å². The van der Waals surface area contributed by atoms with Crippen LogP contribution in [-0.2, 0) is 11.2 Å². The van der Waals surface area contributed by atoms with Crippen molar-refractivity contribution >= 4 is 17.7 Å². The van der Waals surface area contributed by atoms with Crippen LogP contribution >= 0.6 is 11.8 Å². The SMILES string of the molecule is CCCCc1ccc(-n2nnnc2SCC(=O)N(C)CCC#N)cc1. The number of nitriles is 1. The van der Waals surface area contributed by atoms with Gasteiger partial charge in [0.1, 0.15) is 0 Å². The van der Waals surface area contributed by atoms with Crippen LogP contribution < -0.4 is 0 Å². The monoisotopic (exact) mass is 358 g/mol. The molecular formula is C17H22N6OS. The van der Waals surface area contributed by atoms with Gasteiger partial charge in [-0.25, -0.2) is 0 Å². The predicted molar refractivity (Wildman–Crippen MR) is 96.4 cm³/mol. The molecule has 25 heavy (non-hydrogen) atoms. The van der Waals surface area contributed by atoms with E-state index in [0.29, 0.717) is 18.1 Å². The summed E-state index contributed by atoms with van der Waals surface area (Å²) in [5.41, 5.74) is 2.17. The number of aromatic nitrogens is 4. The first kappa shape index (κ1) is 18.9. The molecule has 7 nitrogen and oxygen atoms in total. The molecule has 0 aliphatic rings. The molecule has 0 fully saturated rings. The summed E-state index contributed by atoms with van der Waals surface area (Å²) in [6.07, 6.45) is 3.74. The molecule has 0 saturated carbocycles. The highest BCUT2D eigenvalue weighted by Gasteiger charge is 2.14. The molecule has 1 amide bonds. The summed E-state index contributed by atoms with van der Waals surface area (Å²) in [6, 6.07) is 10.2. The predicted octanol–water partition coefficient (Wildman–Crippen LogP) is 2.47. The van der Waals surface area contributed by atoms with Gasteiger partial charge in [0.25, 0.3) is 0 Å². The normalized spacial score (nSPS) is 10.4. The highest BCUT2D eigenvalue weighted by molar-refractivity contribution is 7.99. The highest BCUT2D eigenvalue weighted by atomic mass is 32.2. The molecule has 2 aromatic rings. The molecule has 0 spiro atoms. The Bertz CT molecular complexity index is 721. The van der Waals surface area contributed by atoms with Gasteiger partial charge in [-0.05, 0) is 41.0 Å². The summed E-state index contributed by atoms with van der Waals surface area (Å²) in [5.74, 6) is 0.182. The number of benzene rings is 1. The number of aryl methyl sites for hydroxylation is 1. The Kier molecular flexibility index (Phi) is 7.41. The minimum absolute atomic E-state index is 0.0512. The number of amides is 1. The highest BCUT2D eigenvalue weighted by Crippen LogP contribution is 2.19. The van der Waals surface area contributed by atoms with Gasteiger partial charge in [0, 0.05) is 13.6 Å². The van der Waals surface area contributed by atoms with Crippen molar-refractivity contribution in [3.63, 3.8) is 0 Å². The fraction of sp³-hybridized carbons (Fsp3) is 0.471. The average molecular weight is 358 g/mol. The lowest BCUT2D eigenvalue weighted by Crippen LogP contribution is -2.29. The topological polar surface area (TPSA) is 87.7 Å². The molecule has 1 aromatic carbocycles. The third-order valence-electron chi connectivity index (χ3n) is 3.75. The maximum atomic E-state index is 12.1. The average Bonchev–Trinajstić information content (AvgIpc) is 3.11. The maximum Gasteiger partial charge on any atom is 0.232 e. The van der Waals surface area contributed by atoms with E-state index in [9.17, 15) is 4.79 Å². The standard InChI is InChI=1S/C17H22N6OS/c1-3-4-6-14-7-9-15(10-8-14)23-17(19-20-21-23)25-13-16(24)22(2)12-5-11-18/h7-10H,3-6,12-13H2,1-2H3. The molecule has 1 aromatic heterocycles. The number of carbonyl (C=O) groups excluding carboxylic acids is 1. The summed E-state index contributed by atoms with van der Waals surface area (Å²) < 4.78 is 1.64. The zero-order chi connectivity index (χ0) is 18.1. The molecule has 0 atom stereocenters. The van der Waals surface area contributed by atoms with E-state index in [1.807, 2.05) is 18.2 Å². The van der Waals surface area contributed by atoms with Crippen molar-refractivity contribution in [3.8, 4) is 11.8 Å². The third kappa shape index (κ3) is 5.57. The second kappa shape index (κ2) is 9.79. The first-order valence-corrected chi connectivity index (χ1v) is 9.25. The Morgan fingerprint density at radius 2 is 2.12 bits per heavy atom. The molecule has 0 bridgehead atoms. The molecule has 0 N–H and O–H groups in total. The first-order valence-electron chi connectivity index (χ1n) is 8.27. The van der Waals surface area contributed by atoms with Gasteiger partial charge in [0.2, 0.25) is 11.1 Å². The molecule has 8 heteroatoms. The first-order chi connectivity index (χ1) is 12.2. The third-order valence-corrected chi connectivity index (χ3v) is 4.65. The van der Waals surface area contributed by atoms with E-state index < -0.39 is 0 Å². The molecule has 0 aliphatic heterocycles. The Hall–Kier alpha value is -2.40. The van der Waals surface area contributed by atoms with Crippen molar-refractivity contribution < 1.29 is 4.79 Å². The Labute approximate surface area is 152 Å². The number of nitrogens with zero attached hydrogens (tertiary/aromatic N) is 6. The van der Waals surface area contributed by atoms with Crippen LogP contribution in [0.15, 0.2) is 29.4 Å². The maximum absolute atomic E-state index is 12.1. The van der Waals surface area contributed by atoms with Crippen molar-refractivity contribution in [1.29, 1.82) is 5.26 Å². The number of unbranched alkanes of at least 4 members (excludes halogenated alkanes) is 1. The van der Waals surface area contributed by atoms with Crippen LogP contribution in [0.5, 0.6) is 0 Å². The largest absolute Gasteiger partial charge is 0.344 e. The number of tetrazole rings is 1. The van der Waals surface area contributed by atoms with Gasteiger partial charge in [-0.3, -0.25) is 4.79 Å². The molecule has 0 saturated heterocycles. The smallest absolute Gasteiger partial charge is 0.232 e. The summed E-state index contributed by atoms with van der Waals surface area (Å²) in [5, 5.41) is 20.9. The Morgan fingerprint density at radius 1 is 1.36 bits per heavy atom. The number of hydrogen-bond donors (Lipinski definition) is 0. The van der Waals surface area contributed by atoms with Gasteiger partial charge < -0.3 is 4.90 Å². The second-order valence-corrected chi connectivity index (χ2v) is 6.60. The fourth-order valence-corrected chi connectivity index (χ4v) is 3.03. The van der Waals surface area contributed by atoms with Gasteiger partial charge in [-0.2, -0.15) is 9.94 Å². The summed E-state index contributed by atoms with van der Waals surface area (Å²) in [7, 11) is 1.69. The zero-order valence-corrected chi connectivity index (χ0v) is 15.4. The molecule has 1 heterocycles. The van der Waals surface area contributed by atoms with E-state index in [0.717, 1.165) is 12.1 Å². The molecule has 0 aliphatic carbocycles. The van der Waals surface area contributed by atoms with E-state index in [1.54, 1.807) is 16.6 Å². The van der Waals surface area contributed by atoms with E-state index >= 15 is 0 Å². The molecule has 2 rings (SSSR count). The van der Waals surface area contributed by atoms with Crippen LogP contribution in [-0.4, -0.2) is 50.4 Å². The quantitative estimate of drug-likeness (QED) is 0.640. The molecule has 0 radical (unpaired) electrons. The van der Waals surface area contributed by atoms with Crippen molar-refractivity contribution in [2.75, 3.05) is 19.3 Å². The lowest BCUT2D eigenvalue weighted by atomic mass is 10.1. The lowest BCUT2D eigenvalue weighted by molar-refractivity contribution is -0.127. The number of thioether (sulfide) groups is 1. The van der Waals surface area contributed by atoms with Crippen LogP contribution in [0.2, 0.25) is 0 Å². The van der Waals surface area contributed by atoms with Crippen LogP contribution in [0.3, 0.4) is 0 Å². The van der Waals surface area contributed by atoms with Crippen molar-refractivity contribution in [1.82, 2.24) is 25.1 Å². The van der Waals surface area contributed by atoms with Crippen molar-refractivity contribution in [3.05, 3.63) is 29.8 Å². The van der Waals surface area contributed by atoms with Gasteiger partial charge in [-0.15, -0.1) is 5.10 Å². The minimum Gasteiger partial charge on any atom is -0.344 e. The lowest BCUT2D eigenvalue weighted by Gasteiger charge is -2.14. The Morgan fingerprint density at radius 3 is 2.80 bits per heavy atom. The number of carbonyl (C=O) groups is 1. The molecule has 132 valence electrons. The van der Waals surface area contributed by atoms with E-state index in [-0.39, 0.29) is 11.7 Å². The van der Waals surface area contributed by atoms with Crippen LogP contribution in [0, 0.1) is 11.3 Å². The van der Waals surface area contributed by atoms with Gasteiger partial charge >= 0.3 is 0 Å². The second-order valence-electron chi connectivity index (χ2n) is 5.66. The summed E-state index contributed by atoms with van der Waals surface area (Å²) in [4.78, 5) is 13.6. The van der Waals surface area contributed by atoms with Gasteiger partial charge in [-0.1, -0.05) is 37.2 Å². The van der Waals surface area contributed by atoms with Gasteiger partial charge in [0.05, 0.1) is 23.9 Å². The van der Waals surface area contributed by atoms with Crippen molar-refractivity contribution in [2.45, 2.75) is 37.8 Å². The summed E-state index contributed by atoms with van der Waals surface area (Å²) >= 11 is 1.29. The van der Waals surface area contributed by atoms with E-state index in [4.69, 9.17) is 5.26 Å². The van der Waals surface area contributed by atoms with E-state index in [1.165, 1.54) is 30.2 Å². The van der Waals surface area contributed by atoms with Crippen molar-refractivity contribution in [2.24, 2.45) is 0 Å². The number of rotatable bonds is 9. The van der Waals surface area contributed by atoms with Crippen LogP contribution in [0.4, 0.5) is 0 Å². The Balaban J connectivity index is 1.98. The van der Waals surface area contributed by atoms with Crippen LogP contribution in [0.25, 0.3) is 5.69 Å².